The maximum atomic E-state index is 10.1. The molecule has 0 amide bonds. The molecule has 1 aromatic heterocycles. The molecular weight excluding hydrogens is 244 g/mol. The van der Waals surface area contributed by atoms with E-state index in [0.717, 1.165) is 12.5 Å². The molecular formula is C14H24N2OS. The fourth-order valence-corrected chi connectivity index (χ4v) is 2.95. The van der Waals surface area contributed by atoms with E-state index in [-0.39, 0.29) is 5.92 Å². The van der Waals surface area contributed by atoms with Crippen molar-refractivity contribution in [2.75, 3.05) is 6.54 Å². The second-order valence-electron chi connectivity index (χ2n) is 5.91. The van der Waals surface area contributed by atoms with Crippen LogP contribution in [0.5, 0.6) is 0 Å². The molecule has 0 spiro atoms. The van der Waals surface area contributed by atoms with Gasteiger partial charge in [0.2, 0.25) is 0 Å². The summed E-state index contributed by atoms with van der Waals surface area (Å²) in [5, 5.41) is 14.8. The Morgan fingerprint density at radius 2 is 2.28 bits per heavy atom. The van der Waals surface area contributed by atoms with E-state index in [1.807, 2.05) is 38.3 Å². The molecule has 2 N–H and O–H groups in total. The second kappa shape index (κ2) is 5.68. The largest absolute Gasteiger partial charge is 0.389 e. The zero-order valence-electron chi connectivity index (χ0n) is 11.6. The van der Waals surface area contributed by atoms with Crippen LogP contribution in [0.15, 0.2) is 6.20 Å². The number of aliphatic hydroxyl groups is 1. The normalized spacial score (nSPS) is 19.8. The van der Waals surface area contributed by atoms with Gasteiger partial charge in [-0.15, -0.1) is 11.3 Å². The van der Waals surface area contributed by atoms with Gasteiger partial charge in [0, 0.05) is 30.1 Å². The van der Waals surface area contributed by atoms with Gasteiger partial charge >= 0.3 is 0 Å². The minimum absolute atomic E-state index is 0.261. The summed E-state index contributed by atoms with van der Waals surface area (Å²) in [4.78, 5) is 5.78. The first-order chi connectivity index (χ1) is 8.49. The molecule has 1 unspecified atom stereocenters. The van der Waals surface area contributed by atoms with E-state index in [9.17, 15) is 5.11 Å². The molecule has 1 atom stereocenters. The van der Waals surface area contributed by atoms with Crippen LogP contribution in [0.2, 0.25) is 0 Å². The van der Waals surface area contributed by atoms with E-state index in [1.165, 1.54) is 29.1 Å². The minimum Gasteiger partial charge on any atom is -0.389 e. The first kappa shape index (κ1) is 14.0. The SMILES string of the molecule is CC(C)C(C)(O)CNCc1cnc(C2CCC2)s1. The van der Waals surface area contributed by atoms with Gasteiger partial charge in [0.05, 0.1) is 10.6 Å². The Morgan fingerprint density at radius 3 is 2.83 bits per heavy atom. The van der Waals surface area contributed by atoms with E-state index in [0.29, 0.717) is 6.54 Å². The summed E-state index contributed by atoms with van der Waals surface area (Å²) < 4.78 is 0. The predicted molar refractivity (Wildman–Crippen MR) is 75.9 cm³/mol. The molecule has 1 heterocycles. The fourth-order valence-electron chi connectivity index (χ4n) is 1.89. The van der Waals surface area contributed by atoms with Gasteiger partial charge in [0.15, 0.2) is 0 Å². The van der Waals surface area contributed by atoms with Crippen LogP contribution in [-0.2, 0) is 6.54 Å². The summed E-state index contributed by atoms with van der Waals surface area (Å²) in [5.41, 5.74) is -0.637. The number of hydrogen-bond acceptors (Lipinski definition) is 4. The molecule has 2 rings (SSSR count). The average Bonchev–Trinajstić information content (AvgIpc) is 2.63. The predicted octanol–water partition coefficient (Wildman–Crippen LogP) is 2.91. The van der Waals surface area contributed by atoms with Gasteiger partial charge in [-0.2, -0.15) is 0 Å². The standard InChI is InChI=1S/C14H24N2OS/c1-10(2)14(3,17)9-15-7-12-8-16-13(18-12)11-5-4-6-11/h8,10-11,15,17H,4-7,9H2,1-3H3. The maximum Gasteiger partial charge on any atom is 0.0959 e. The fraction of sp³-hybridized carbons (Fsp3) is 0.786. The second-order valence-corrected chi connectivity index (χ2v) is 7.05. The third kappa shape index (κ3) is 3.31. The van der Waals surface area contributed by atoms with Crippen LogP contribution in [0.3, 0.4) is 0 Å². The summed E-state index contributed by atoms with van der Waals surface area (Å²) in [6, 6.07) is 0. The van der Waals surface area contributed by atoms with Crippen molar-refractivity contribution in [1.29, 1.82) is 0 Å². The van der Waals surface area contributed by atoms with E-state index in [2.05, 4.69) is 10.3 Å². The number of nitrogens with zero attached hydrogens (tertiary/aromatic N) is 1. The first-order valence-electron chi connectivity index (χ1n) is 6.87. The molecule has 1 fully saturated rings. The molecule has 0 aliphatic heterocycles. The smallest absolute Gasteiger partial charge is 0.0959 e. The number of aromatic nitrogens is 1. The number of nitrogens with one attached hydrogen (secondary N) is 1. The van der Waals surface area contributed by atoms with Gasteiger partial charge in [0.25, 0.3) is 0 Å². The van der Waals surface area contributed by atoms with Crippen molar-refractivity contribution in [2.24, 2.45) is 5.92 Å². The molecule has 18 heavy (non-hydrogen) atoms. The molecule has 0 aromatic carbocycles. The van der Waals surface area contributed by atoms with Crippen molar-refractivity contribution in [3.63, 3.8) is 0 Å². The van der Waals surface area contributed by atoms with Crippen LogP contribution in [0.4, 0.5) is 0 Å². The molecule has 0 saturated heterocycles. The van der Waals surface area contributed by atoms with Crippen molar-refractivity contribution in [3.05, 3.63) is 16.1 Å². The molecule has 3 nitrogen and oxygen atoms in total. The monoisotopic (exact) mass is 268 g/mol. The van der Waals surface area contributed by atoms with Crippen LogP contribution in [0.1, 0.15) is 55.8 Å². The summed E-state index contributed by atoms with van der Waals surface area (Å²) in [7, 11) is 0. The number of rotatable bonds is 6. The Hall–Kier alpha value is -0.450. The van der Waals surface area contributed by atoms with E-state index in [1.54, 1.807) is 0 Å². The zero-order valence-corrected chi connectivity index (χ0v) is 12.4. The Morgan fingerprint density at radius 1 is 1.56 bits per heavy atom. The van der Waals surface area contributed by atoms with Crippen LogP contribution in [0, 0.1) is 5.92 Å². The lowest BCUT2D eigenvalue weighted by Crippen LogP contribution is -2.41. The van der Waals surface area contributed by atoms with Crippen LogP contribution in [-0.4, -0.2) is 22.2 Å². The van der Waals surface area contributed by atoms with Crippen molar-refractivity contribution >= 4 is 11.3 Å². The highest BCUT2D eigenvalue weighted by molar-refractivity contribution is 7.11. The Kier molecular flexibility index (Phi) is 4.41. The van der Waals surface area contributed by atoms with E-state index in [4.69, 9.17) is 0 Å². The van der Waals surface area contributed by atoms with Gasteiger partial charge < -0.3 is 10.4 Å². The zero-order chi connectivity index (χ0) is 13.2. The highest BCUT2D eigenvalue weighted by Gasteiger charge is 2.25. The molecule has 1 aliphatic carbocycles. The molecule has 4 heteroatoms. The highest BCUT2D eigenvalue weighted by Crippen LogP contribution is 2.38. The van der Waals surface area contributed by atoms with Crippen molar-refractivity contribution in [1.82, 2.24) is 10.3 Å². The van der Waals surface area contributed by atoms with E-state index < -0.39 is 5.60 Å². The van der Waals surface area contributed by atoms with Crippen LogP contribution >= 0.6 is 11.3 Å². The Balaban J connectivity index is 1.78. The molecule has 1 aromatic rings. The van der Waals surface area contributed by atoms with Crippen molar-refractivity contribution in [3.8, 4) is 0 Å². The molecule has 1 saturated carbocycles. The summed E-state index contributed by atoms with van der Waals surface area (Å²) in [6.45, 7) is 7.41. The maximum absolute atomic E-state index is 10.1. The lowest BCUT2D eigenvalue weighted by atomic mass is 9.86. The third-order valence-corrected chi connectivity index (χ3v) is 5.21. The lowest BCUT2D eigenvalue weighted by molar-refractivity contribution is 0.0140. The Bertz CT molecular complexity index is 383. The number of hydrogen-bond donors (Lipinski definition) is 2. The lowest BCUT2D eigenvalue weighted by Gasteiger charge is -2.27. The van der Waals surface area contributed by atoms with Gasteiger partial charge in [0.1, 0.15) is 0 Å². The van der Waals surface area contributed by atoms with Gasteiger partial charge in [-0.05, 0) is 25.7 Å². The van der Waals surface area contributed by atoms with Crippen LogP contribution < -0.4 is 5.32 Å². The molecule has 0 radical (unpaired) electrons. The average molecular weight is 268 g/mol. The quantitative estimate of drug-likeness (QED) is 0.834. The molecule has 102 valence electrons. The van der Waals surface area contributed by atoms with Crippen molar-refractivity contribution in [2.45, 2.75) is 58.1 Å². The van der Waals surface area contributed by atoms with Gasteiger partial charge in [-0.1, -0.05) is 20.3 Å². The van der Waals surface area contributed by atoms with E-state index >= 15 is 0 Å². The summed E-state index contributed by atoms with van der Waals surface area (Å²) in [5.74, 6) is 0.986. The van der Waals surface area contributed by atoms with Gasteiger partial charge in [-0.3, -0.25) is 0 Å². The van der Waals surface area contributed by atoms with Gasteiger partial charge in [-0.25, -0.2) is 4.98 Å². The minimum atomic E-state index is -0.637. The van der Waals surface area contributed by atoms with Crippen molar-refractivity contribution < 1.29 is 5.11 Å². The number of thiazole rings is 1. The Labute approximate surface area is 114 Å². The molecule has 0 bridgehead atoms. The first-order valence-corrected chi connectivity index (χ1v) is 7.68. The summed E-state index contributed by atoms with van der Waals surface area (Å²) in [6.07, 6.45) is 5.95. The highest BCUT2D eigenvalue weighted by atomic mass is 32.1. The summed E-state index contributed by atoms with van der Waals surface area (Å²) >= 11 is 1.82. The van der Waals surface area contributed by atoms with Crippen LogP contribution in [0.25, 0.3) is 0 Å². The topological polar surface area (TPSA) is 45.1 Å². The molecule has 1 aliphatic rings. The third-order valence-electron chi connectivity index (χ3n) is 4.05.